The molecule has 0 spiro atoms. The van der Waals surface area contributed by atoms with Gasteiger partial charge in [0.05, 0.1) is 26.0 Å². The molecule has 0 saturated carbocycles. The second kappa shape index (κ2) is 7.38. The van der Waals surface area contributed by atoms with Crippen molar-refractivity contribution in [2.75, 3.05) is 19.5 Å². The number of benzene rings is 2. The number of nitrogens with zero attached hydrogens (tertiary/aromatic N) is 2. The van der Waals surface area contributed by atoms with E-state index >= 15 is 0 Å². The van der Waals surface area contributed by atoms with Crippen LogP contribution in [-0.4, -0.2) is 23.8 Å². The van der Waals surface area contributed by atoms with Crippen molar-refractivity contribution < 1.29 is 9.47 Å². The van der Waals surface area contributed by atoms with Gasteiger partial charge in [0.25, 0.3) is 0 Å². The van der Waals surface area contributed by atoms with Gasteiger partial charge in [-0.25, -0.2) is 0 Å². The lowest BCUT2D eigenvalue weighted by Crippen LogP contribution is -2.22. The summed E-state index contributed by atoms with van der Waals surface area (Å²) in [5.41, 5.74) is 3.60. The van der Waals surface area contributed by atoms with Gasteiger partial charge in [-0.1, -0.05) is 30.3 Å². The summed E-state index contributed by atoms with van der Waals surface area (Å²) in [7, 11) is 3.17. The first-order valence-corrected chi connectivity index (χ1v) is 9.28. The number of aromatic nitrogens is 2. The number of fused-ring (bicyclic) bond motifs is 1. The molecule has 2 aromatic carbocycles. The maximum atomic E-state index is 12.5. The van der Waals surface area contributed by atoms with Crippen molar-refractivity contribution in [3.05, 3.63) is 75.7 Å². The molecule has 1 aliphatic heterocycles. The highest BCUT2D eigenvalue weighted by atomic mass is 16.5. The van der Waals surface area contributed by atoms with Crippen LogP contribution in [0.15, 0.2) is 53.3 Å². The fraction of sp³-hybridized carbons (Fsp3) is 0.273. The number of hydrogen-bond acceptors (Lipinski definition) is 5. The van der Waals surface area contributed by atoms with Crippen molar-refractivity contribution in [3.8, 4) is 11.5 Å². The normalized spacial score (nSPS) is 15.2. The van der Waals surface area contributed by atoms with Crippen molar-refractivity contribution in [2.24, 2.45) is 0 Å². The summed E-state index contributed by atoms with van der Waals surface area (Å²) in [6.45, 7) is 1.99. The molecule has 28 heavy (non-hydrogen) atoms. The van der Waals surface area contributed by atoms with E-state index in [9.17, 15) is 4.79 Å². The zero-order valence-electron chi connectivity index (χ0n) is 16.2. The van der Waals surface area contributed by atoms with Crippen LogP contribution in [-0.2, 0) is 6.42 Å². The number of ether oxygens (including phenoxy) is 2. The summed E-state index contributed by atoms with van der Waals surface area (Å²) < 4.78 is 12.8. The highest BCUT2D eigenvalue weighted by Gasteiger charge is 2.30. The summed E-state index contributed by atoms with van der Waals surface area (Å²) in [5.74, 6) is 1.64. The first-order chi connectivity index (χ1) is 13.6. The van der Waals surface area contributed by atoms with Crippen LogP contribution >= 0.6 is 0 Å². The van der Waals surface area contributed by atoms with E-state index in [4.69, 9.17) is 9.47 Å². The molecule has 4 rings (SSSR count). The molecule has 1 atom stereocenters. The fourth-order valence-corrected chi connectivity index (χ4v) is 3.84. The average molecular weight is 377 g/mol. The molecule has 1 N–H and O–H groups in total. The van der Waals surface area contributed by atoms with E-state index in [1.165, 1.54) is 12.7 Å². The topological polar surface area (TPSA) is 65.4 Å². The molecule has 6 heteroatoms. The third-order valence-corrected chi connectivity index (χ3v) is 5.22. The molecule has 6 nitrogen and oxygen atoms in total. The van der Waals surface area contributed by atoms with E-state index < -0.39 is 0 Å². The Bertz CT molecular complexity index is 1060. The Balaban J connectivity index is 1.83. The van der Waals surface area contributed by atoms with Crippen LogP contribution in [0.5, 0.6) is 11.5 Å². The van der Waals surface area contributed by atoms with E-state index in [-0.39, 0.29) is 11.6 Å². The first-order valence-electron chi connectivity index (χ1n) is 9.28. The van der Waals surface area contributed by atoms with Gasteiger partial charge in [-0.2, -0.15) is 4.98 Å². The van der Waals surface area contributed by atoms with E-state index in [1.807, 2.05) is 43.3 Å². The number of anilines is 2. The van der Waals surface area contributed by atoms with Crippen molar-refractivity contribution in [2.45, 2.75) is 25.8 Å². The lowest BCUT2D eigenvalue weighted by Gasteiger charge is -2.22. The summed E-state index contributed by atoms with van der Waals surface area (Å²) >= 11 is 0. The summed E-state index contributed by atoms with van der Waals surface area (Å²) in [6.07, 6.45) is 1.65. The lowest BCUT2D eigenvalue weighted by molar-refractivity contribution is 0.398. The Morgan fingerprint density at radius 1 is 1.11 bits per heavy atom. The quantitative estimate of drug-likeness (QED) is 0.732. The van der Waals surface area contributed by atoms with Crippen molar-refractivity contribution >= 4 is 11.6 Å². The van der Waals surface area contributed by atoms with Gasteiger partial charge in [-0.15, -0.1) is 0 Å². The van der Waals surface area contributed by atoms with Gasteiger partial charge >= 0.3 is 5.56 Å². The molecule has 0 fully saturated rings. The zero-order chi connectivity index (χ0) is 19.7. The molecule has 0 amide bonds. The van der Waals surface area contributed by atoms with Crippen LogP contribution in [0, 0.1) is 6.92 Å². The van der Waals surface area contributed by atoms with Crippen LogP contribution < -0.4 is 20.3 Å². The van der Waals surface area contributed by atoms with E-state index in [1.54, 1.807) is 7.11 Å². The summed E-state index contributed by atoms with van der Waals surface area (Å²) in [4.78, 5) is 16.9. The molecule has 1 unspecified atom stereocenters. The van der Waals surface area contributed by atoms with Crippen LogP contribution in [0.2, 0.25) is 0 Å². The van der Waals surface area contributed by atoms with E-state index in [2.05, 4.69) is 27.0 Å². The molecular formula is C22H23N3O3. The van der Waals surface area contributed by atoms with Crippen molar-refractivity contribution in [3.63, 3.8) is 0 Å². The van der Waals surface area contributed by atoms with Gasteiger partial charge in [0, 0.05) is 5.69 Å². The van der Waals surface area contributed by atoms with Gasteiger partial charge < -0.3 is 19.4 Å². The summed E-state index contributed by atoms with van der Waals surface area (Å²) in [5, 5.41) is 3.36. The number of rotatable bonds is 5. The minimum absolute atomic E-state index is 0.0965. The third-order valence-electron chi connectivity index (χ3n) is 5.22. The monoisotopic (exact) mass is 377 g/mol. The van der Waals surface area contributed by atoms with Crippen LogP contribution in [0.1, 0.15) is 29.3 Å². The zero-order valence-corrected chi connectivity index (χ0v) is 16.2. The van der Waals surface area contributed by atoms with E-state index in [0.717, 1.165) is 35.5 Å². The van der Waals surface area contributed by atoms with Gasteiger partial charge in [0.1, 0.15) is 5.75 Å². The molecule has 144 valence electrons. The predicted molar refractivity (Wildman–Crippen MR) is 109 cm³/mol. The van der Waals surface area contributed by atoms with Gasteiger partial charge in [-0.3, -0.25) is 4.79 Å². The fourth-order valence-electron chi connectivity index (χ4n) is 3.84. The Kier molecular flexibility index (Phi) is 4.77. The van der Waals surface area contributed by atoms with Gasteiger partial charge in [-0.05, 0) is 49.1 Å². The maximum absolute atomic E-state index is 12.5. The highest BCUT2D eigenvalue weighted by molar-refractivity contribution is 5.61. The molecule has 0 bridgehead atoms. The minimum atomic E-state index is -0.351. The summed E-state index contributed by atoms with van der Waals surface area (Å²) in [6, 6.07) is 16.1. The number of nitrogens with one attached hydrogen (secondary N) is 1. The number of aryl methyl sites for hydroxylation is 1. The molecule has 1 aliphatic rings. The second-order valence-electron chi connectivity index (χ2n) is 6.86. The minimum Gasteiger partial charge on any atom is -0.497 e. The average Bonchev–Trinajstić information content (AvgIpc) is 3.15. The number of hydrogen-bond donors (Lipinski definition) is 1. The molecule has 0 radical (unpaired) electrons. The molecule has 0 aliphatic carbocycles. The molecule has 3 aromatic rings. The molecule has 1 aromatic heterocycles. The Morgan fingerprint density at radius 3 is 2.57 bits per heavy atom. The Hall–Kier alpha value is -3.28. The lowest BCUT2D eigenvalue weighted by atomic mass is 10.1. The smallest absolute Gasteiger partial charge is 0.317 e. The van der Waals surface area contributed by atoms with Gasteiger partial charge in [0.2, 0.25) is 11.7 Å². The largest absolute Gasteiger partial charge is 0.497 e. The van der Waals surface area contributed by atoms with Crippen molar-refractivity contribution in [1.82, 2.24) is 9.55 Å². The van der Waals surface area contributed by atoms with Crippen LogP contribution in [0.3, 0.4) is 0 Å². The van der Waals surface area contributed by atoms with E-state index in [0.29, 0.717) is 11.7 Å². The third kappa shape index (κ3) is 3.11. The van der Waals surface area contributed by atoms with Crippen LogP contribution in [0.4, 0.5) is 11.6 Å². The maximum Gasteiger partial charge on any atom is 0.317 e. The SMILES string of the molecule is COc1ccc(Nc2nc(=O)c(OC)c3n2C(c2ccccc2)CC3)c(C)c1. The first kappa shape index (κ1) is 18.1. The predicted octanol–water partition coefficient (Wildman–Crippen LogP) is 3.85. The van der Waals surface area contributed by atoms with Gasteiger partial charge in [0.15, 0.2) is 0 Å². The highest BCUT2D eigenvalue weighted by Crippen LogP contribution is 2.38. The number of methoxy groups -OCH3 is 2. The molecule has 2 heterocycles. The molecular weight excluding hydrogens is 354 g/mol. The second-order valence-corrected chi connectivity index (χ2v) is 6.86. The van der Waals surface area contributed by atoms with Crippen molar-refractivity contribution in [1.29, 1.82) is 0 Å². The standard InChI is InChI=1S/C22H23N3O3/c1-14-13-16(27-2)9-10-17(14)23-22-24-21(26)20(28-3)19-12-11-18(25(19)22)15-7-5-4-6-8-15/h4-10,13,18H,11-12H2,1-3H3,(H,23,24,26). The Morgan fingerprint density at radius 2 is 1.89 bits per heavy atom. The Labute approximate surface area is 163 Å². The molecule has 0 saturated heterocycles. The van der Waals surface area contributed by atoms with Crippen LogP contribution in [0.25, 0.3) is 0 Å².